The number of likely N-dealkylation sites (tertiary alicyclic amines) is 1. The van der Waals surface area contributed by atoms with E-state index in [0.717, 1.165) is 37.7 Å². The Labute approximate surface area is 114 Å². The maximum atomic E-state index is 5.73. The van der Waals surface area contributed by atoms with Crippen LogP contribution in [0.15, 0.2) is 6.07 Å². The van der Waals surface area contributed by atoms with Crippen LogP contribution in [-0.2, 0) is 0 Å². The van der Waals surface area contributed by atoms with Crippen LogP contribution < -0.4 is 16.4 Å². The first kappa shape index (κ1) is 13.9. The maximum Gasteiger partial charge on any atom is 0.223 e. The third-order valence-corrected chi connectivity index (χ3v) is 3.36. The van der Waals surface area contributed by atoms with Crippen LogP contribution >= 0.6 is 0 Å². The predicted molar refractivity (Wildman–Crippen MR) is 79.3 cm³/mol. The minimum Gasteiger partial charge on any atom is -0.370 e. The molecule has 1 aromatic rings. The molecule has 6 heteroatoms. The van der Waals surface area contributed by atoms with Gasteiger partial charge in [-0.3, -0.25) is 0 Å². The van der Waals surface area contributed by atoms with Gasteiger partial charge in [0.1, 0.15) is 11.6 Å². The van der Waals surface area contributed by atoms with Gasteiger partial charge in [0.15, 0.2) is 0 Å². The fourth-order valence-corrected chi connectivity index (χ4v) is 2.34. The van der Waals surface area contributed by atoms with Crippen molar-refractivity contribution < 1.29 is 0 Å². The molecule has 0 bridgehead atoms. The Morgan fingerprint density at radius 1 is 1.37 bits per heavy atom. The van der Waals surface area contributed by atoms with Crippen LogP contribution in [0.4, 0.5) is 17.6 Å². The molecular weight excluding hydrogens is 240 g/mol. The van der Waals surface area contributed by atoms with Gasteiger partial charge in [-0.05, 0) is 32.4 Å². The topological polar surface area (TPSA) is 79.1 Å². The smallest absolute Gasteiger partial charge is 0.223 e. The molecule has 1 unspecified atom stereocenters. The van der Waals surface area contributed by atoms with E-state index in [4.69, 9.17) is 5.73 Å². The fourth-order valence-electron chi connectivity index (χ4n) is 2.34. The van der Waals surface area contributed by atoms with E-state index >= 15 is 0 Å². The Balaban J connectivity index is 1.90. The zero-order valence-corrected chi connectivity index (χ0v) is 11.8. The molecule has 1 aliphatic rings. The molecule has 1 saturated heterocycles. The van der Waals surface area contributed by atoms with Crippen LogP contribution in [0, 0.1) is 5.92 Å². The maximum absolute atomic E-state index is 5.73. The number of anilines is 3. The highest BCUT2D eigenvalue weighted by atomic mass is 15.1. The molecule has 0 saturated carbocycles. The Morgan fingerprint density at radius 2 is 2.11 bits per heavy atom. The van der Waals surface area contributed by atoms with Crippen LogP contribution in [-0.4, -0.2) is 48.1 Å². The number of nitrogen functional groups attached to an aromatic ring is 1. The zero-order valence-electron chi connectivity index (χ0n) is 11.8. The molecule has 1 fully saturated rings. The number of aromatic nitrogens is 2. The van der Waals surface area contributed by atoms with Gasteiger partial charge in [0.2, 0.25) is 5.95 Å². The van der Waals surface area contributed by atoms with Gasteiger partial charge in [-0.2, -0.15) is 9.97 Å². The van der Waals surface area contributed by atoms with E-state index < -0.39 is 0 Å². The second-order valence-corrected chi connectivity index (χ2v) is 5.22. The Hall–Kier alpha value is -1.56. The summed E-state index contributed by atoms with van der Waals surface area (Å²) in [4.78, 5) is 10.8. The number of nitrogens with two attached hydrogens (primary N) is 1. The molecule has 1 aliphatic heterocycles. The summed E-state index contributed by atoms with van der Waals surface area (Å²) in [6.45, 7) is 6.28. The summed E-state index contributed by atoms with van der Waals surface area (Å²) in [5.74, 6) is 2.60. The fraction of sp³-hybridized carbons (Fsp3) is 0.692. The second kappa shape index (κ2) is 6.56. The van der Waals surface area contributed by atoms with Crippen molar-refractivity contribution in [3.05, 3.63) is 6.07 Å². The van der Waals surface area contributed by atoms with Gasteiger partial charge in [0, 0.05) is 25.7 Å². The lowest BCUT2D eigenvalue weighted by Gasteiger charge is -2.13. The zero-order chi connectivity index (χ0) is 13.7. The number of rotatable bonds is 6. The molecule has 2 rings (SSSR count). The average Bonchev–Trinajstić information content (AvgIpc) is 2.79. The third kappa shape index (κ3) is 4.24. The molecule has 4 N–H and O–H groups in total. The monoisotopic (exact) mass is 264 g/mol. The highest BCUT2D eigenvalue weighted by Crippen LogP contribution is 2.17. The van der Waals surface area contributed by atoms with Crippen LogP contribution in [0.2, 0.25) is 0 Å². The first-order valence-electron chi connectivity index (χ1n) is 6.98. The van der Waals surface area contributed by atoms with Gasteiger partial charge in [-0.15, -0.1) is 0 Å². The van der Waals surface area contributed by atoms with Crippen molar-refractivity contribution in [2.24, 2.45) is 5.92 Å². The van der Waals surface area contributed by atoms with Crippen molar-refractivity contribution in [3.8, 4) is 0 Å². The number of nitrogens with zero attached hydrogens (tertiary/aromatic N) is 3. The standard InChI is InChI=1S/C13H24N6/c1-3-5-15-11-7-12(18-13(14)17-11)16-8-10-4-6-19(2)9-10/h7,10H,3-6,8-9H2,1-2H3,(H4,14,15,16,17,18). The third-order valence-electron chi connectivity index (χ3n) is 3.36. The molecule has 0 aliphatic carbocycles. The molecule has 1 aromatic heterocycles. The van der Waals surface area contributed by atoms with Crippen molar-refractivity contribution in [2.75, 3.05) is 49.6 Å². The molecule has 19 heavy (non-hydrogen) atoms. The molecule has 0 spiro atoms. The van der Waals surface area contributed by atoms with E-state index in [1.54, 1.807) is 0 Å². The van der Waals surface area contributed by atoms with Crippen LogP contribution in [0.1, 0.15) is 19.8 Å². The molecule has 2 heterocycles. The molecule has 0 radical (unpaired) electrons. The molecule has 6 nitrogen and oxygen atoms in total. The van der Waals surface area contributed by atoms with Crippen molar-refractivity contribution >= 4 is 17.6 Å². The Morgan fingerprint density at radius 3 is 2.74 bits per heavy atom. The largest absolute Gasteiger partial charge is 0.370 e. The molecular formula is C13H24N6. The van der Waals surface area contributed by atoms with Crippen molar-refractivity contribution in [1.29, 1.82) is 0 Å². The summed E-state index contributed by atoms with van der Waals surface area (Å²) < 4.78 is 0. The lowest BCUT2D eigenvalue weighted by Crippen LogP contribution is -2.19. The van der Waals surface area contributed by atoms with Crippen LogP contribution in [0.5, 0.6) is 0 Å². The number of nitrogens with one attached hydrogen (secondary N) is 2. The highest BCUT2D eigenvalue weighted by molar-refractivity contribution is 5.50. The minimum absolute atomic E-state index is 0.312. The summed E-state index contributed by atoms with van der Waals surface area (Å²) in [6, 6.07) is 1.92. The highest BCUT2D eigenvalue weighted by Gasteiger charge is 2.19. The first-order chi connectivity index (χ1) is 9.17. The quantitative estimate of drug-likeness (QED) is 0.717. The van der Waals surface area contributed by atoms with E-state index in [0.29, 0.717) is 11.9 Å². The van der Waals surface area contributed by atoms with Gasteiger partial charge in [-0.1, -0.05) is 6.92 Å². The normalized spacial score (nSPS) is 19.6. The average molecular weight is 264 g/mol. The molecule has 1 atom stereocenters. The minimum atomic E-state index is 0.312. The molecule has 106 valence electrons. The summed E-state index contributed by atoms with van der Waals surface area (Å²) >= 11 is 0. The van der Waals surface area contributed by atoms with Gasteiger partial charge in [0.25, 0.3) is 0 Å². The SMILES string of the molecule is CCCNc1cc(NCC2CCN(C)C2)nc(N)n1. The second-order valence-electron chi connectivity index (χ2n) is 5.22. The van der Waals surface area contributed by atoms with E-state index in [9.17, 15) is 0 Å². The number of hydrogen-bond acceptors (Lipinski definition) is 6. The van der Waals surface area contributed by atoms with Gasteiger partial charge in [0.05, 0.1) is 0 Å². The predicted octanol–water partition coefficient (Wildman–Crippen LogP) is 1.24. The van der Waals surface area contributed by atoms with Crippen molar-refractivity contribution in [2.45, 2.75) is 19.8 Å². The Bertz CT molecular complexity index is 408. The molecule has 0 aromatic carbocycles. The number of hydrogen-bond donors (Lipinski definition) is 3. The van der Waals surface area contributed by atoms with E-state index in [-0.39, 0.29) is 0 Å². The lowest BCUT2D eigenvalue weighted by atomic mass is 10.1. The summed E-state index contributed by atoms with van der Waals surface area (Å²) in [5.41, 5.74) is 5.73. The summed E-state index contributed by atoms with van der Waals surface area (Å²) in [5, 5.41) is 6.60. The first-order valence-corrected chi connectivity index (χ1v) is 6.98. The Kier molecular flexibility index (Phi) is 4.79. The van der Waals surface area contributed by atoms with Crippen LogP contribution in [0.3, 0.4) is 0 Å². The van der Waals surface area contributed by atoms with E-state index in [2.05, 4.69) is 39.5 Å². The lowest BCUT2D eigenvalue weighted by molar-refractivity contribution is 0.399. The van der Waals surface area contributed by atoms with Gasteiger partial charge >= 0.3 is 0 Å². The summed E-state index contributed by atoms with van der Waals surface area (Å²) in [7, 11) is 2.16. The van der Waals surface area contributed by atoms with Crippen LogP contribution in [0.25, 0.3) is 0 Å². The van der Waals surface area contributed by atoms with Gasteiger partial charge in [-0.25, -0.2) is 0 Å². The van der Waals surface area contributed by atoms with Crippen molar-refractivity contribution in [1.82, 2.24) is 14.9 Å². The van der Waals surface area contributed by atoms with Gasteiger partial charge < -0.3 is 21.3 Å². The summed E-state index contributed by atoms with van der Waals surface area (Å²) in [6.07, 6.45) is 2.30. The van der Waals surface area contributed by atoms with E-state index in [1.807, 2.05) is 6.07 Å². The molecule has 0 amide bonds. The van der Waals surface area contributed by atoms with Crippen molar-refractivity contribution in [3.63, 3.8) is 0 Å². The van der Waals surface area contributed by atoms with E-state index in [1.165, 1.54) is 13.0 Å².